The van der Waals surface area contributed by atoms with Crippen LogP contribution in [-0.2, 0) is 0 Å². The fourth-order valence-corrected chi connectivity index (χ4v) is 1.81. The predicted octanol–water partition coefficient (Wildman–Crippen LogP) is -0.886. The normalized spacial score (nSPS) is 33.5. The fraction of sp³-hybridized carbons (Fsp3) is 0.667. The van der Waals surface area contributed by atoms with Crippen LogP contribution < -0.4 is 10.6 Å². The van der Waals surface area contributed by atoms with Gasteiger partial charge in [0.2, 0.25) is 0 Å². The van der Waals surface area contributed by atoms with Crippen molar-refractivity contribution in [3.8, 4) is 0 Å². The molecule has 2 aliphatic heterocycles. The molecule has 2 N–H and O–H groups in total. The molecule has 0 radical (unpaired) electrons. The SMILES string of the molecule is CN1C(=O)N(C)[C@H]2NC(=S)N[C@H]21. The molecule has 6 heteroatoms. The molecule has 0 unspecified atom stereocenters. The van der Waals surface area contributed by atoms with Crippen LogP contribution in [-0.4, -0.2) is 47.4 Å². The first-order valence-corrected chi connectivity index (χ1v) is 4.09. The molecule has 0 aromatic heterocycles. The second-order valence-electron chi connectivity index (χ2n) is 3.01. The molecule has 0 bridgehead atoms. The van der Waals surface area contributed by atoms with Crippen molar-refractivity contribution in [2.75, 3.05) is 14.1 Å². The predicted molar refractivity (Wildman–Crippen MR) is 47.4 cm³/mol. The van der Waals surface area contributed by atoms with E-state index in [-0.39, 0.29) is 18.4 Å². The van der Waals surface area contributed by atoms with Crippen molar-refractivity contribution in [2.45, 2.75) is 12.3 Å². The number of urea groups is 1. The molecule has 0 aromatic rings. The number of carbonyl (C=O) groups excluding carboxylic acids is 1. The van der Waals surface area contributed by atoms with Gasteiger partial charge in [-0.1, -0.05) is 0 Å². The Balaban J connectivity index is 2.26. The Morgan fingerprint density at radius 2 is 1.67 bits per heavy atom. The average molecular weight is 186 g/mol. The van der Waals surface area contributed by atoms with E-state index >= 15 is 0 Å². The summed E-state index contributed by atoms with van der Waals surface area (Å²) >= 11 is 4.93. The van der Waals surface area contributed by atoms with Gasteiger partial charge in [0.05, 0.1) is 0 Å². The van der Waals surface area contributed by atoms with Crippen molar-refractivity contribution >= 4 is 23.4 Å². The lowest BCUT2D eigenvalue weighted by atomic mass is 10.4. The van der Waals surface area contributed by atoms with E-state index in [9.17, 15) is 4.79 Å². The average Bonchev–Trinajstić information content (AvgIpc) is 2.49. The van der Waals surface area contributed by atoms with E-state index < -0.39 is 0 Å². The van der Waals surface area contributed by atoms with Crippen molar-refractivity contribution < 1.29 is 4.79 Å². The van der Waals surface area contributed by atoms with E-state index in [1.807, 2.05) is 0 Å². The van der Waals surface area contributed by atoms with Gasteiger partial charge in [0.1, 0.15) is 12.3 Å². The van der Waals surface area contributed by atoms with Gasteiger partial charge in [-0.15, -0.1) is 0 Å². The summed E-state index contributed by atoms with van der Waals surface area (Å²) in [6, 6.07) is 0.00694. The summed E-state index contributed by atoms with van der Waals surface area (Å²) in [4.78, 5) is 14.6. The lowest BCUT2D eigenvalue weighted by Crippen LogP contribution is -2.41. The van der Waals surface area contributed by atoms with Gasteiger partial charge in [0, 0.05) is 14.1 Å². The van der Waals surface area contributed by atoms with Crippen molar-refractivity contribution in [2.24, 2.45) is 0 Å². The molecule has 2 atom stereocenters. The van der Waals surface area contributed by atoms with Gasteiger partial charge >= 0.3 is 6.03 Å². The maximum absolute atomic E-state index is 11.4. The number of fused-ring (bicyclic) bond motifs is 1. The molecule has 2 amide bonds. The van der Waals surface area contributed by atoms with Gasteiger partial charge < -0.3 is 20.4 Å². The number of amides is 2. The molecule has 0 spiro atoms. The second kappa shape index (κ2) is 2.22. The molecule has 0 saturated carbocycles. The van der Waals surface area contributed by atoms with Crippen molar-refractivity contribution in [3.63, 3.8) is 0 Å². The van der Waals surface area contributed by atoms with E-state index in [0.717, 1.165) is 0 Å². The number of carbonyl (C=O) groups is 1. The van der Waals surface area contributed by atoms with Crippen molar-refractivity contribution in [1.29, 1.82) is 0 Å². The van der Waals surface area contributed by atoms with Crippen LogP contribution in [0.1, 0.15) is 0 Å². The highest BCUT2D eigenvalue weighted by Crippen LogP contribution is 2.18. The Hall–Kier alpha value is -1.04. The van der Waals surface area contributed by atoms with Crippen LogP contribution in [0.15, 0.2) is 0 Å². The molecule has 5 nitrogen and oxygen atoms in total. The Bertz CT molecular complexity index is 234. The van der Waals surface area contributed by atoms with Crippen LogP contribution in [0.3, 0.4) is 0 Å². The summed E-state index contributed by atoms with van der Waals surface area (Å²) in [7, 11) is 3.51. The number of nitrogens with zero attached hydrogens (tertiary/aromatic N) is 2. The second-order valence-corrected chi connectivity index (χ2v) is 3.42. The first-order valence-electron chi connectivity index (χ1n) is 3.68. The molecule has 12 heavy (non-hydrogen) atoms. The van der Waals surface area contributed by atoms with Crippen LogP contribution in [0.4, 0.5) is 4.79 Å². The van der Waals surface area contributed by atoms with Crippen LogP contribution in [0.25, 0.3) is 0 Å². The molecule has 0 aliphatic carbocycles. The molecule has 2 saturated heterocycles. The van der Waals surface area contributed by atoms with Gasteiger partial charge in [-0.25, -0.2) is 4.79 Å². The van der Waals surface area contributed by atoms with Gasteiger partial charge in [-0.2, -0.15) is 0 Å². The highest BCUT2D eigenvalue weighted by molar-refractivity contribution is 7.80. The summed E-state index contributed by atoms with van der Waals surface area (Å²) in [6.07, 6.45) is -0.0370. The summed E-state index contributed by atoms with van der Waals surface area (Å²) in [6.45, 7) is 0. The molecule has 0 aromatic carbocycles. The number of likely N-dealkylation sites (N-methyl/N-ethyl adjacent to an activating group) is 2. The lowest BCUT2D eigenvalue weighted by Gasteiger charge is -2.15. The largest absolute Gasteiger partial charge is 0.339 e. The number of thiocarbonyl (C=S) groups is 1. The highest BCUT2D eigenvalue weighted by Gasteiger charge is 2.46. The van der Waals surface area contributed by atoms with E-state index in [0.29, 0.717) is 5.11 Å². The minimum atomic E-state index is -0.0185. The zero-order valence-electron chi connectivity index (χ0n) is 6.87. The Kier molecular flexibility index (Phi) is 1.41. The minimum Gasteiger partial charge on any atom is -0.339 e. The summed E-state index contributed by atoms with van der Waals surface area (Å²) in [5.74, 6) is 0. The quantitative estimate of drug-likeness (QED) is 0.482. The highest BCUT2D eigenvalue weighted by atomic mass is 32.1. The van der Waals surface area contributed by atoms with Gasteiger partial charge in [0.15, 0.2) is 5.11 Å². The first-order chi connectivity index (χ1) is 5.61. The summed E-state index contributed by atoms with van der Waals surface area (Å²) in [5, 5.41) is 6.63. The monoisotopic (exact) mass is 186 g/mol. The molecule has 2 aliphatic rings. The third kappa shape index (κ3) is 0.781. The van der Waals surface area contributed by atoms with E-state index in [1.165, 1.54) is 0 Å². The fourth-order valence-electron chi connectivity index (χ4n) is 1.57. The van der Waals surface area contributed by atoms with Crippen LogP contribution in [0.2, 0.25) is 0 Å². The van der Waals surface area contributed by atoms with Crippen LogP contribution in [0.5, 0.6) is 0 Å². The maximum atomic E-state index is 11.4. The first kappa shape index (κ1) is 7.60. The Morgan fingerprint density at radius 3 is 2.08 bits per heavy atom. The third-order valence-electron chi connectivity index (χ3n) is 2.29. The standard InChI is InChI=1S/C6H10N4OS/c1-9-3-4(8-5(12)7-3)10(2)6(9)11/h3-4H,1-2H3,(H2,7,8,12)/t3-,4+. The van der Waals surface area contributed by atoms with Gasteiger partial charge in [-0.3, -0.25) is 0 Å². The smallest absolute Gasteiger partial charge is 0.323 e. The topological polar surface area (TPSA) is 47.6 Å². The number of hydrogen-bond acceptors (Lipinski definition) is 2. The zero-order chi connectivity index (χ0) is 8.88. The molecular weight excluding hydrogens is 176 g/mol. The Labute approximate surface area is 75.7 Å². The van der Waals surface area contributed by atoms with E-state index in [1.54, 1.807) is 23.9 Å². The van der Waals surface area contributed by atoms with Gasteiger partial charge in [-0.05, 0) is 12.2 Å². The molecule has 2 heterocycles. The molecular formula is C6H10N4OS. The lowest BCUT2D eigenvalue weighted by molar-refractivity contribution is 0.197. The minimum absolute atomic E-state index is 0.00694. The van der Waals surface area contributed by atoms with Crippen molar-refractivity contribution in [1.82, 2.24) is 20.4 Å². The summed E-state index contributed by atoms with van der Waals surface area (Å²) < 4.78 is 0. The Morgan fingerprint density at radius 1 is 1.25 bits per heavy atom. The zero-order valence-corrected chi connectivity index (χ0v) is 7.68. The van der Waals surface area contributed by atoms with Gasteiger partial charge in [0.25, 0.3) is 0 Å². The van der Waals surface area contributed by atoms with Crippen molar-refractivity contribution in [3.05, 3.63) is 0 Å². The molecule has 2 fully saturated rings. The number of hydrogen-bond donors (Lipinski definition) is 2. The van der Waals surface area contributed by atoms with E-state index in [4.69, 9.17) is 12.2 Å². The molecule has 2 rings (SSSR count). The number of nitrogens with one attached hydrogen (secondary N) is 2. The van der Waals surface area contributed by atoms with Crippen LogP contribution in [0, 0.1) is 0 Å². The summed E-state index contributed by atoms with van der Waals surface area (Å²) in [5.41, 5.74) is 0. The maximum Gasteiger partial charge on any atom is 0.323 e. The van der Waals surface area contributed by atoms with Crippen LogP contribution >= 0.6 is 12.2 Å². The molecule has 66 valence electrons. The third-order valence-corrected chi connectivity index (χ3v) is 2.53. The van der Waals surface area contributed by atoms with E-state index in [2.05, 4.69) is 10.6 Å². The number of rotatable bonds is 0.